The molecular formula is C17H21N3O3S. The van der Waals surface area contributed by atoms with Gasteiger partial charge in [0.1, 0.15) is 12.4 Å². The molecule has 3 rings (SSSR count). The Labute approximate surface area is 144 Å². The maximum atomic E-state index is 12.7. The van der Waals surface area contributed by atoms with Crippen LogP contribution in [-0.2, 0) is 21.9 Å². The third kappa shape index (κ3) is 3.40. The molecule has 1 saturated heterocycles. The first-order valence-electron chi connectivity index (χ1n) is 8.04. The second kappa shape index (κ2) is 7.25. The number of piperidine rings is 1. The number of rotatable bonds is 5. The van der Waals surface area contributed by atoms with Crippen LogP contribution in [0.15, 0.2) is 24.3 Å². The molecule has 1 aliphatic heterocycles. The van der Waals surface area contributed by atoms with E-state index in [0.717, 1.165) is 29.0 Å². The molecule has 0 bridgehead atoms. The van der Waals surface area contributed by atoms with E-state index in [1.807, 2.05) is 35.1 Å². The zero-order valence-electron chi connectivity index (χ0n) is 13.6. The van der Waals surface area contributed by atoms with Crippen LogP contribution in [0.4, 0.5) is 0 Å². The molecule has 1 atom stereocenters. The third-order valence-electron chi connectivity index (χ3n) is 4.42. The lowest BCUT2D eigenvalue weighted by Crippen LogP contribution is -2.43. The fraction of sp³-hybridized carbons (Fsp3) is 0.471. The Bertz CT molecular complexity index is 759. The van der Waals surface area contributed by atoms with Crippen molar-refractivity contribution >= 4 is 34.7 Å². The molecule has 1 aromatic heterocycles. The van der Waals surface area contributed by atoms with Crippen LogP contribution in [0.3, 0.4) is 0 Å². The number of nitrogens with zero attached hydrogens (tertiary/aromatic N) is 3. The highest BCUT2D eigenvalue weighted by Crippen LogP contribution is 2.21. The van der Waals surface area contributed by atoms with E-state index in [9.17, 15) is 14.7 Å². The van der Waals surface area contributed by atoms with E-state index in [0.29, 0.717) is 19.5 Å². The van der Waals surface area contributed by atoms with Crippen LogP contribution >= 0.6 is 11.8 Å². The number of carbonyl (C=O) groups is 2. The third-order valence-corrected chi connectivity index (χ3v) is 4.97. The first-order valence-corrected chi connectivity index (χ1v) is 9.43. The summed E-state index contributed by atoms with van der Waals surface area (Å²) < 4.78 is 1.96. The van der Waals surface area contributed by atoms with Gasteiger partial charge in [0.05, 0.1) is 22.7 Å². The van der Waals surface area contributed by atoms with Crippen LogP contribution < -0.4 is 0 Å². The Kier molecular flexibility index (Phi) is 5.08. The lowest BCUT2D eigenvalue weighted by Gasteiger charge is -2.31. The van der Waals surface area contributed by atoms with Gasteiger partial charge in [0.2, 0.25) is 5.91 Å². The summed E-state index contributed by atoms with van der Waals surface area (Å²) in [5.41, 5.74) is 1.83. The van der Waals surface area contributed by atoms with Gasteiger partial charge in [-0.15, -0.1) is 0 Å². The largest absolute Gasteiger partial charge is 0.481 e. The number of imidazole rings is 1. The fourth-order valence-corrected chi connectivity index (χ4v) is 3.66. The predicted molar refractivity (Wildman–Crippen MR) is 93.9 cm³/mol. The smallest absolute Gasteiger partial charge is 0.308 e. The molecule has 24 heavy (non-hydrogen) atoms. The maximum Gasteiger partial charge on any atom is 0.308 e. The van der Waals surface area contributed by atoms with Crippen molar-refractivity contribution < 1.29 is 14.7 Å². The number of amides is 1. The van der Waals surface area contributed by atoms with Crippen LogP contribution in [0.1, 0.15) is 18.7 Å². The van der Waals surface area contributed by atoms with Gasteiger partial charge < -0.3 is 14.6 Å². The summed E-state index contributed by atoms with van der Waals surface area (Å²) in [5.74, 6) is 0.312. The number of hydrogen-bond acceptors (Lipinski definition) is 4. The number of carboxylic acids is 1. The lowest BCUT2D eigenvalue weighted by atomic mass is 9.98. The zero-order valence-corrected chi connectivity index (χ0v) is 14.5. The minimum absolute atomic E-state index is 0.0357. The highest BCUT2D eigenvalue weighted by Gasteiger charge is 2.28. The maximum absolute atomic E-state index is 12.7. The van der Waals surface area contributed by atoms with E-state index in [1.54, 1.807) is 16.7 Å². The van der Waals surface area contributed by atoms with Crippen molar-refractivity contribution in [1.82, 2.24) is 14.5 Å². The van der Waals surface area contributed by atoms with E-state index >= 15 is 0 Å². The van der Waals surface area contributed by atoms with Gasteiger partial charge >= 0.3 is 5.97 Å². The van der Waals surface area contributed by atoms with Crippen molar-refractivity contribution in [3.63, 3.8) is 0 Å². The molecule has 1 aromatic carbocycles. The van der Waals surface area contributed by atoms with Crippen molar-refractivity contribution in [3.8, 4) is 0 Å². The zero-order chi connectivity index (χ0) is 17.1. The molecule has 1 N–H and O–H groups in total. The molecule has 1 unspecified atom stereocenters. The van der Waals surface area contributed by atoms with Crippen LogP contribution in [0, 0.1) is 5.92 Å². The minimum Gasteiger partial charge on any atom is -0.481 e. The summed E-state index contributed by atoms with van der Waals surface area (Å²) in [6.45, 7) is 1.15. The summed E-state index contributed by atoms with van der Waals surface area (Å²) in [6, 6.07) is 7.79. The molecule has 2 aromatic rings. The van der Waals surface area contributed by atoms with Gasteiger partial charge in [-0.05, 0) is 31.2 Å². The number of likely N-dealkylation sites (tertiary alicyclic amines) is 1. The average Bonchev–Trinajstić information content (AvgIpc) is 2.93. The van der Waals surface area contributed by atoms with Gasteiger partial charge in [0, 0.05) is 13.1 Å². The quantitative estimate of drug-likeness (QED) is 0.898. The number of thioether (sulfide) groups is 1. The van der Waals surface area contributed by atoms with Gasteiger partial charge in [-0.3, -0.25) is 9.59 Å². The summed E-state index contributed by atoms with van der Waals surface area (Å²) >= 11 is 1.67. The Morgan fingerprint density at radius 3 is 2.92 bits per heavy atom. The number of aromatic nitrogens is 2. The molecule has 0 spiro atoms. The normalized spacial score (nSPS) is 18.0. The summed E-state index contributed by atoms with van der Waals surface area (Å²) in [4.78, 5) is 30.2. The summed E-state index contributed by atoms with van der Waals surface area (Å²) in [6.07, 6.45) is 3.39. The monoisotopic (exact) mass is 347 g/mol. The van der Waals surface area contributed by atoms with E-state index < -0.39 is 11.9 Å². The molecule has 1 amide bonds. The molecule has 0 saturated carbocycles. The number of fused-ring (bicyclic) bond motifs is 1. The molecule has 0 aliphatic carbocycles. The number of benzene rings is 1. The van der Waals surface area contributed by atoms with Gasteiger partial charge in [0.15, 0.2) is 0 Å². The Morgan fingerprint density at radius 1 is 1.38 bits per heavy atom. The molecule has 6 nitrogen and oxygen atoms in total. The van der Waals surface area contributed by atoms with E-state index in [-0.39, 0.29) is 12.5 Å². The van der Waals surface area contributed by atoms with E-state index in [4.69, 9.17) is 0 Å². The van der Waals surface area contributed by atoms with Crippen molar-refractivity contribution in [1.29, 1.82) is 0 Å². The standard InChI is InChI=1S/C17H21N3O3S/c1-24-11-15-18-13-6-2-3-7-14(13)20(15)10-16(21)19-8-4-5-12(9-19)17(22)23/h2-3,6-7,12H,4-5,8-11H2,1H3,(H,22,23). The van der Waals surface area contributed by atoms with Crippen molar-refractivity contribution in [2.24, 2.45) is 5.92 Å². The van der Waals surface area contributed by atoms with E-state index in [1.165, 1.54) is 0 Å². The second-order valence-corrected chi connectivity index (χ2v) is 6.92. The molecule has 1 aliphatic rings. The molecule has 1 fully saturated rings. The molecule has 0 radical (unpaired) electrons. The summed E-state index contributed by atoms with van der Waals surface area (Å²) in [5, 5.41) is 9.19. The van der Waals surface area contributed by atoms with Crippen molar-refractivity contribution in [2.75, 3.05) is 19.3 Å². The van der Waals surface area contributed by atoms with Gasteiger partial charge in [-0.25, -0.2) is 4.98 Å². The van der Waals surface area contributed by atoms with Crippen molar-refractivity contribution in [3.05, 3.63) is 30.1 Å². The second-order valence-electron chi connectivity index (χ2n) is 6.05. The SMILES string of the molecule is CSCc1nc2ccccc2n1CC(=O)N1CCCC(C(=O)O)C1. The van der Waals surface area contributed by atoms with E-state index in [2.05, 4.69) is 4.98 Å². The molecule has 128 valence electrons. The predicted octanol–water partition coefficient (Wildman–Crippen LogP) is 2.22. The van der Waals surface area contributed by atoms with Gasteiger partial charge in [-0.2, -0.15) is 11.8 Å². The average molecular weight is 347 g/mol. The van der Waals surface area contributed by atoms with Gasteiger partial charge in [-0.1, -0.05) is 12.1 Å². The number of carbonyl (C=O) groups excluding carboxylic acids is 1. The van der Waals surface area contributed by atoms with Crippen LogP contribution in [0.5, 0.6) is 0 Å². The van der Waals surface area contributed by atoms with Crippen LogP contribution in [0.25, 0.3) is 11.0 Å². The molecule has 2 heterocycles. The highest BCUT2D eigenvalue weighted by molar-refractivity contribution is 7.97. The van der Waals surface area contributed by atoms with Crippen molar-refractivity contribution in [2.45, 2.75) is 25.1 Å². The lowest BCUT2D eigenvalue weighted by molar-refractivity contribution is -0.145. The molecule has 7 heteroatoms. The number of carboxylic acid groups (broad SMARTS) is 1. The summed E-state index contributed by atoms with van der Waals surface area (Å²) in [7, 11) is 0. The van der Waals surface area contributed by atoms with Crippen LogP contribution in [0.2, 0.25) is 0 Å². The Balaban J connectivity index is 1.82. The minimum atomic E-state index is -0.816. The number of para-hydroxylation sites is 2. The fourth-order valence-electron chi connectivity index (χ4n) is 3.18. The first kappa shape index (κ1) is 16.8. The van der Waals surface area contributed by atoms with Crippen LogP contribution in [-0.4, -0.2) is 50.8 Å². The topological polar surface area (TPSA) is 75.4 Å². The molecular weight excluding hydrogens is 326 g/mol. The number of aliphatic carboxylic acids is 1. The Morgan fingerprint density at radius 2 is 2.17 bits per heavy atom. The Hall–Kier alpha value is -2.02. The number of hydrogen-bond donors (Lipinski definition) is 1. The van der Waals surface area contributed by atoms with Gasteiger partial charge in [0.25, 0.3) is 0 Å². The highest BCUT2D eigenvalue weighted by atomic mass is 32.2. The first-order chi connectivity index (χ1) is 11.6.